The molecular weight excluding hydrogens is 522 g/mol. The van der Waals surface area contributed by atoms with Gasteiger partial charge < -0.3 is 15.1 Å². The number of carbonyl (C=O) groups excluding carboxylic acids is 2. The molecule has 1 N–H and O–H groups in total. The van der Waals surface area contributed by atoms with Crippen molar-refractivity contribution in [1.29, 1.82) is 0 Å². The van der Waals surface area contributed by atoms with E-state index in [2.05, 4.69) is 21.7 Å². The molecule has 36 heavy (non-hydrogen) atoms. The third kappa shape index (κ3) is 5.22. The molecular formula is C26H25Cl2FN4O2S. The topological polar surface area (TPSA) is 55.9 Å². The number of amides is 3. The lowest BCUT2D eigenvalue weighted by molar-refractivity contribution is -0.134. The van der Waals surface area contributed by atoms with Gasteiger partial charge in [-0.2, -0.15) is 0 Å². The van der Waals surface area contributed by atoms with Crippen LogP contribution in [0.25, 0.3) is 0 Å². The van der Waals surface area contributed by atoms with Gasteiger partial charge in [0.15, 0.2) is 0 Å². The van der Waals surface area contributed by atoms with Crippen LogP contribution in [0.15, 0.2) is 53.9 Å². The standard InChI is InChI=1S/C26H25Cl2FN4O2S/c27-20-5-2-6-21(24(20)28)30-26(35)32-12-10-31(11-13-32)23(34)16-33-9-7-22-19(8-14-36-22)25(33)17-3-1-4-18(29)15-17/h1-6,8,14-15,25H,7,9-13,16H2,(H,30,35)/t25-/m1/s1. The number of hydrogen-bond donors (Lipinski definition) is 1. The number of nitrogens with zero attached hydrogens (tertiary/aromatic N) is 3. The van der Waals surface area contributed by atoms with Crippen LogP contribution in [-0.4, -0.2) is 65.9 Å². The zero-order chi connectivity index (χ0) is 25.2. The van der Waals surface area contributed by atoms with Gasteiger partial charge in [0.1, 0.15) is 5.82 Å². The number of halogens is 3. The van der Waals surface area contributed by atoms with E-state index in [1.165, 1.54) is 10.9 Å². The van der Waals surface area contributed by atoms with Gasteiger partial charge in [0.05, 0.1) is 28.3 Å². The molecule has 1 aromatic heterocycles. The van der Waals surface area contributed by atoms with Crippen LogP contribution in [0.3, 0.4) is 0 Å². The highest BCUT2D eigenvalue weighted by molar-refractivity contribution is 7.10. The fraction of sp³-hybridized carbons (Fsp3) is 0.308. The normalized spacial score (nSPS) is 18.1. The molecule has 3 aromatic rings. The average Bonchev–Trinajstić information content (AvgIpc) is 3.35. The van der Waals surface area contributed by atoms with Crippen LogP contribution >= 0.6 is 34.5 Å². The number of rotatable bonds is 4. The van der Waals surface area contributed by atoms with Crippen LogP contribution in [-0.2, 0) is 11.2 Å². The van der Waals surface area contributed by atoms with E-state index in [1.54, 1.807) is 51.5 Å². The van der Waals surface area contributed by atoms with Crippen molar-refractivity contribution >= 4 is 52.2 Å². The summed E-state index contributed by atoms with van der Waals surface area (Å²) in [7, 11) is 0. The van der Waals surface area contributed by atoms with Gasteiger partial charge in [-0.05, 0) is 53.3 Å². The summed E-state index contributed by atoms with van der Waals surface area (Å²) in [5.41, 5.74) is 2.45. The maximum Gasteiger partial charge on any atom is 0.322 e. The van der Waals surface area contributed by atoms with Crippen molar-refractivity contribution in [2.24, 2.45) is 0 Å². The summed E-state index contributed by atoms with van der Waals surface area (Å²) in [6, 6.07) is 13.3. The van der Waals surface area contributed by atoms with Crippen LogP contribution in [0.4, 0.5) is 14.9 Å². The first-order chi connectivity index (χ1) is 17.4. The SMILES string of the molecule is O=C(CN1CCc2sccc2[C@H]1c1cccc(F)c1)N1CCN(C(=O)Nc2cccc(Cl)c2Cl)CC1. The lowest BCUT2D eigenvalue weighted by Gasteiger charge is -2.39. The Morgan fingerprint density at radius 3 is 2.53 bits per heavy atom. The molecule has 1 fully saturated rings. The van der Waals surface area contributed by atoms with Gasteiger partial charge in [-0.15, -0.1) is 11.3 Å². The Kier molecular flexibility index (Phi) is 7.48. The molecule has 0 unspecified atom stereocenters. The number of urea groups is 1. The molecule has 5 rings (SSSR count). The molecule has 2 aromatic carbocycles. The molecule has 0 bridgehead atoms. The number of fused-ring (bicyclic) bond motifs is 1. The van der Waals surface area contributed by atoms with Gasteiger partial charge in [0.2, 0.25) is 5.91 Å². The highest BCUT2D eigenvalue weighted by Gasteiger charge is 2.33. The molecule has 2 aliphatic heterocycles. The van der Waals surface area contributed by atoms with Crippen molar-refractivity contribution in [1.82, 2.24) is 14.7 Å². The number of piperazine rings is 1. The highest BCUT2D eigenvalue weighted by atomic mass is 35.5. The number of nitrogens with one attached hydrogen (secondary N) is 1. The van der Waals surface area contributed by atoms with Crippen LogP contribution in [0, 0.1) is 5.82 Å². The lowest BCUT2D eigenvalue weighted by atomic mass is 9.93. The molecule has 0 radical (unpaired) electrons. The third-order valence-corrected chi connectivity index (χ3v) is 8.50. The zero-order valence-electron chi connectivity index (χ0n) is 19.4. The monoisotopic (exact) mass is 546 g/mol. The minimum atomic E-state index is -0.283. The second-order valence-corrected chi connectivity index (χ2v) is 10.7. The lowest BCUT2D eigenvalue weighted by Crippen LogP contribution is -2.54. The molecule has 0 spiro atoms. The molecule has 0 aliphatic carbocycles. The predicted molar refractivity (Wildman–Crippen MR) is 141 cm³/mol. The summed E-state index contributed by atoms with van der Waals surface area (Å²) in [5.74, 6) is -0.275. The van der Waals surface area contributed by atoms with Gasteiger partial charge in [-0.3, -0.25) is 9.69 Å². The molecule has 1 atom stereocenters. The quantitative estimate of drug-likeness (QED) is 0.468. The van der Waals surface area contributed by atoms with Gasteiger partial charge in [-0.1, -0.05) is 41.4 Å². The number of thiophene rings is 1. The van der Waals surface area contributed by atoms with E-state index in [9.17, 15) is 14.0 Å². The first kappa shape index (κ1) is 25.0. The van der Waals surface area contributed by atoms with E-state index in [-0.39, 0.29) is 30.3 Å². The Morgan fingerprint density at radius 2 is 1.75 bits per heavy atom. The number of carbonyl (C=O) groups is 2. The van der Waals surface area contributed by atoms with Crippen molar-refractivity contribution in [3.63, 3.8) is 0 Å². The number of benzene rings is 2. The van der Waals surface area contributed by atoms with Crippen molar-refractivity contribution in [3.8, 4) is 0 Å². The summed E-state index contributed by atoms with van der Waals surface area (Å²) >= 11 is 13.9. The number of anilines is 1. The smallest absolute Gasteiger partial charge is 0.322 e. The van der Waals surface area contributed by atoms with Crippen LogP contribution in [0.1, 0.15) is 22.0 Å². The first-order valence-electron chi connectivity index (χ1n) is 11.7. The van der Waals surface area contributed by atoms with Crippen molar-refractivity contribution in [3.05, 3.63) is 85.8 Å². The Balaban J connectivity index is 1.22. The summed E-state index contributed by atoms with van der Waals surface area (Å²) in [6.07, 6.45) is 0.867. The summed E-state index contributed by atoms with van der Waals surface area (Å²) in [4.78, 5) is 32.9. The van der Waals surface area contributed by atoms with E-state index in [0.29, 0.717) is 41.9 Å². The summed E-state index contributed by atoms with van der Waals surface area (Å²) in [6.45, 7) is 2.68. The Bertz CT molecular complexity index is 1280. The Labute approximate surface area is 223 Å². The second kappa shape index (κ2) is 10.8. The first-order valence-corrected chi connectivity index (χ1v) is 13.4. The van der Waals surface area contributed by atoms with Crippen LogP contribution < -0.4 is 5.32 Å². The van der Waals surface area contributed by atoms with E-state index in [0.717, 1.165) is 24.1 Å². The van der Waals surface area contributed by atoms with Crippen molar-refractivity contribution in [2.75, 3.05) is 44.6 Å². The molecule has 1 saturated heterocycles. The predicted octanol–water partition coefficient (Wildman–Crippen LogP) is 5.52. The largest absolute Gasteiger partial charge is 0.338 e. The Hall–Kier alpha value is -2.65. The van der Waals surface area contributed by atoms with Crippen LogP contribution in [0.5, 0.6) is 0 Å². The Morgan fingerprint density at radius 1 is 1.00 bits per heavy atom. The maximum atomic E-state index is 14.0. The minimum absolute atomic E-state index is 0.00743. The fourth-order valence-corrected chi connectivity index (χ4v) is 6.08. The maximum absolute atomic E-state index is 14.0. The van der Waals surface area contributed by atoms with E-state index < -0.39 is 0 Å². The van der Waals surface area contributed by atoms with Crippen molar-refractivity contribution in [2.45, 2.75) is 12.5 Å². The summed E-state index contributed by atoms with van der Waals surface area (Å²) in [5, 5.41) is 5.52. The van der Waals surface area contributed by atoms with Gasteiger partial charge in [0, 0.05) is 37.6 Å². The zero-order valence-corrected chi connectivity index (χ0v) is 21.8. The van der Waals surface area contributed by atoms with E-state index >= 15 is 0 Å². The molecule has 3 heterocycles. The van der Waals surface area contributed by atoms with Gasteiger partial charge in [0.25, 0.3) is 0 Å². The molecule has 0 saturated carbocycles. The number of hydrogen-bond acceptors (Lipinski definition) is 4. The van der Waals surface area contributed by atoms with Crippen molar-refractivity contribution < 1.29 is 14.0 Å². The van der Waals surface area contributed by atoms with E-state index in [1.807, 2.05) is 6.07 Å². The molecule has 6 nitrogen and oxygen atoms in total. The highest BCUT2D eigenvalue weighted by Crippen LogP contribution is 2.38. The summed E-state index contributed by atoms with van der Waals surface area (Å²) < 4.78 is 14.0. The minimum Gasteiger partial charge on any atom is -0.338 e. The van der Waals surface area contributed by atoms with Crippen LogP contribution in [0.2, 0.25) is 10.0 Å². The third-order valence-electron chi connectivity index (χ3n) is 6.68. The fourth-order valence-electron chi connectivity index (χ4n) is 4.83. The van der Waals surface area contributed by atoms with E-state index in [4.69, 9.17) is 23.2 Å². The van der Waals surface area contributed by atoms with Gasteiger partial charge >= 0.3 is 6.03 Å². The molecule has 188 valence electrons. The second-order valence-electron chi connectivity index (χ2n) is 8.88. The van der Waals surface area contributed by atoms with Gasteiger partial charge in [-0.25, -0.2) is 9.18 Å². The average molecular weight is 547 g/mol. The molecule has 10 heteroatoms. The molecule has 2 aliphatic rings. The molecule has 3 amide bonds.